The van der Waals surface area contributed by atoms with Gasteiger partial charge in [-0.05, 0) is 54.3 Å². The van der Waals surface area contributed by atoms with Crippen LogP contribution >= 0.6 is 11.3 Å². The second-order valence-corrected chi connectivity index (χ2v) is 8.85. The predicted molar refractivity (Wildman–Crippen MR) is 114 cm³/mol. The maximum absolute atomic E-state index is 13.3. The van der Waals surface area contributed by atoms with Crippen LogP contribution < -0.4 is 4.74 Å². The third-order valence-corrected chi connectivity index (χ3v) is 6.72. The maximum atomic E-state index is 13.3. The van der Waals surface area contributed by atoms with Gasteiger partial charge in [0.15, 0.2) is 0 Å². The molecule has 2 amide bonds. The Labute approximate surface area is 176 Å². The number of ether oxygens (including phenoxy) is 1. The Balaban J connectivity index is 1.48. The van der Waals surface area contributed by atoms with Gasteiger partial charge in [-0.2, -0.15) is 0 Å². The van der Waals surface area contributed by atoms with Crippen molar-refractivity contribution in [3.8, 4) is 5.75 Å². The molecule has 1 aliphatic carbocycles. The third kappa shape index (κ3) is 4.81. The molecule has 0 radical (unpaired) electrons. The molecule has 4 rings (SSSR count). The van der Waals surface area contributed by atoms with E-state index < -0.39 is 0 Å². The first-order valence-corrected chi connectivity index (χ1v) is 11.3. The molecular formula is C23H28N2O3S. The standard InChI is InChI=1S/C23H28N2O3S/c1-2-22(26)24(14-17-8-9-17)15-23(27)25-12-10-21-19(11-13-29-21)20(25)16-28-18-6-4-3-5-7-18/h3-7,11,13,17,20H,2,8-10,12,14-16H2,1H3. The minimum absolute atomic E-state index is 0.0194. The molecular weight excluding hydrogens is 384 g/mol. The highest BCUT2D eigenvalue weighted by molar-refractivity contribution is 7.10. The second kappa shape index (κ2) is 8.99. The summed E-state index contributed by atoms with van der Waals surface area (Å²) in [5.74, 6) is 1.46. The molecule has 1 aromatic carbocycles. The van der Waals surface area contributed by atoms with Gasteiger partial charge in [-0.25, -0.2) is 0 Å². The summed E-state index contributed by atoms with van der Waals surface area (Å²) in [4.78, 5) is 30.6. The Hall–Kier alpha value is -2.34. The predicted octanol–water partition coefficient (Wildman–Crippen LogP) is 3.90. The van der Waals surface area contributed by atoms with Crippen LogP contribution in [0.2, 0.25) is 0 Å². The molecule has 6 heteroatoms. The zero-order valence-corrected chi connectivity index (χ0v) is 17.7. The lowest BCUT2D eigenvalue weighted by atomic mass is 10.0. The molecule has 154 valence electrons. The van der Waals surface area contributed by atoms with Gasteiger partial charge in [0, 0.05) is 24.4 Å². The van der Waals surface area contributed by atoms with E-state index in [9.17, 15) is 9.59 Å². The fraction of sp³-hybridized carbons (Fsp3) is 0.478. The number of carbonyl (C=O) groups excluding carboxylic acids is 2. The van der Waals surface area contributed by atoms with E-state index in [2.05, 4.69) is 11.4 Å². The SMILES string of the molecule is CCC(=O)N(CC(=O)N1CCc2sccc2C1COc1ccccc1)CC1CC1. The third-order valence-electron chi connectivity index (χ3n) is 5.72. The van der Waals surface area contributed by atoms with E-state index in [1.165, 1.54) is 10.4 Å². The number of hydrogen-bond donors (Lipinski definition) is 0. The maximum Gasteiger partial charge on any atom is 0.242 e. The van der Waals surface area contributed by atoms with Crippen LogP contribution in [0.1, 0.15) is 42.7 Å². The summed E-state index contributed by atoms with van der Waals surface area (Å²) >= 11 is 1.75. The molecule has 29 heavy (non-hydrogen) atoms. The number of thiophene rings is 1. The van der Waals surface area contributed by atoms with E-state index in [0.717, 1.165) is 25.0 Å². The average Bonchev–Trinajstić information content (AvgIpc) is 3.44. The van der Waals surface area contributed by atoms with Crippen molar-refractivity contribution in [2.45, 2.75) is 38.6 Å². The lowest BCUT2D eigenvalue weighted by Gasteiger charge is -2.37. The molecule has 0 N–H and O–H groups in total. The second-order valence-electron chi connectivity index (χ2n) is 7.85. The zero-order valence-electron chi connectivity index (χ0n) is 16.9. The van der Waals surface area contributed by atoms with E-state index >= 15 is 0 Å². The Morgan fingerprint density at radius 2 is 2.00 bits per heavy atom. The van der Waals surface area contributed by atoms with Crippen molar-refractivity contribution in [1.29, 1.82) is 0 Å². The number of carbonyl (C=O) groups is 2. The van der Waals surface area contributed by atoms with Gasteiger partial charge in [0.05, 0.1) is 12.6 Å². The van der Waals surface area contributed by atoms with Crippen LogP contribution in [0.15, 0.2) is 41.8 Å². The number of nitrogens with zero attached hydrogens (tertiary/aromatic N) is 2. The molecule has 0 spiro atoms. The lowest BCUT2D eigenvalue weighted by Crippen LogP contribution is -2.48. The van der Waals surface area contributed by atoms with Gasteiger partial charge in [-0.15, -0.1) is 11.3 Å². The number of rotatable bonds is 8. The summed E-state index contributed by atoms with van der Waals surface area (Å²) < 4.78 is 6.03. The quantitative estimate of drug-likeness (QED) is 0.661. The summed E-state index contributed by atoms with van der Waals surface area (Å²) in [6.45, 7) is 3.84. The van der Waals surface area contributed by atoms with Crippen molar-refractivity contribution >= 4 is 23.2 Å². The molecule has 1 aromatic heterocycles. The smallest absolute Gasteiger partial charge is 0.242 e. The highest BCUT2D eigenvalue weighted by atomic mass is 32.1. The van der Waals surface area contributed by atoms with Gasteiger partial charge in [-0.3, -0.25) is 9.59 Å². The summed E-state index contributed by atoms with van der Waals surface area (Å²) in [6, 6.07) is 11.7. The molecule has 1 saturated carbocycles. The topological polar surface area (TPSA) is 49.9 Å². The first kappa shape index (κ1) is 20.0. The summed E-state index contributed by atoms with van der Waals surface area (Å²) in [5, 5.41) is 2.09. The van der Waals surface area contributed by atoms with Crippen molar-refractivity contribution in [2.24, 2.45) is 5.92 Å². The van der Waals surface area contributed by atoms with Crippen LogP contribution in [0.5, 0.6) is 5.75 Å². The van der Waals surface area contributed by atoms with Crippen LogP contribution in [-0.2, 0) is 16.0 Å². The van der Waals surface area contributed by atoms with Gasteiger partial charge in [0.25, 0.3) is 0 Å². The summed E-state index contributed by atoms with van der Waals surface area (Å²) in [6.07, 6.45) is 3.63. The summed E-state index contributed by atoms with van der Waals surface area (Å²) in [5.41, 5.74) is 1.18. The molecule has 2 heterocycles. The van der Waals surface area contributed by atoms with Crippen LogP contribution in [0, 0.1) is 5.92 Å². The Bertz CT molecular complexity index is 847. The molecule has 1 aliphatic heterocycles. The Kier molecular flexibility index (Phi) is 6.19. The number of benzene rings is 1. The van der Waals surface area contributed by atoms with Crippen molar-refractivity contribution in [3.05, 3.63) is 52.2 Å². The number of amides is 2. The van der Waals surface area contributed by atoms with Crippen LogP contribution in [-0.4, -0.2) is 47.9 Å². The normalized spacial score (nSPS) is 18.2. The minimum atomic E-state index is -0.114. The van der Waals surface area contributed by atoms with Gasteiger partial charge < -0.3 is 14.5 Å². The van der Waals surface area contributed by atoms with Crippen LogP contribution in [0.4, 0.5) is 0 Å². The van der Waals surface area contributed by atoms with E-state index in [0.29, 0.717) is 32.0 Å². The van der Waals surface area contributed by atoms with E-state index in [-0.39, 0.29) is 24.4 Å². The van der Waals surface area contributed by atoms with Gasteiger partial charge in [0.1, 0.15) is 12.4 Å². The van der Waals surface area contributed by atoms with Gasteiger partial charge in [0.2, 0.25) is 11.8 Å². The van der Waals surface area contributed by atoms with Crippen LogP contribution in [0.25, 0.3) is 0 Å². The molecule has 5 nitrogen and oxygen atoms in total. The first-order chi connectivity index (χ1) is 14.2. The van der Waals surface area contributed by atoms with Crippen molar-refractivity contribution in [2.75, 3.05) is 26.2 Å². The number of fused-ring (bicyclic) bond motifs is 1. The van der Waals surface area contributed by atoms with E-state index in [4.69, 9.17) is 4.74 Å². The fourth-order valence-corrected chi connectivity index (χ4v) is 4.84. The van der Waals surface area contributed by atoms with E-state index in [1.54, 1.807) is 16.2 Å². The molecule has 1 fully saturated rings. The zero-order chi connectivity index (χ0) is 20.2. The fourth-order valence-electron chi connectivity index (χ4n) is 3.91. The van der Waals surface area contributed by atoms with E-state index in [1.807, 2.05) is 42.2 Å². The summed E-state index contributed by atoms with van der Waals surface area (Å²) in [7, 11) is 0. The van der Waals surface area contributed by atoms with Gasteiger partial charge >= 0.3 is 0 Å². The van der Waals surface area contributed by atoms with Crippen molar-refractivity contribution in [1.82, 2.24) is 9.80 Å². The molecule has 1 unspecified atom stereocenters. The highest BCUT2D eigenvalue weighted by Gasteiger charge is 2.34. The molecule has 2 aliphatic rings. The molecule has 2 aromatic rings. The van der Waals surface area contributed by atoms with Gasteiger partial charge in [-0.1, -0.05) is 25.1 Å². The van der Waals surface area contributed by atoms with Crippen LogP contribution in [0.3, 0.4) is 0 Å². The monoisotopic (exact) mass is 412 g/mol. The minimum Gasteiger partial charge on any atom is -0.491 e. The molecule has 0 bridgehead atoms. The molecule has 0 saturated heterocycles. The largest absolute Gasteiger partial charge is 0.491 e. The average molecular weight is 413 g/mol. The number of hydrogen-bond acceptors (Lipinski definition) is 4. The first-order valence-electron chi connectivity index (χ1n) is 10.5. The Morgan fingerprint density at radius 3 is 2.72 bits per heavy atom. The van der Waals surface area contributed by atoms with Crippen molar-refractivity contribution in [3.63, 3.8) is 0 Å². The Morgan fingerprint density at radius 1 is 1.21 bits per heavy atom. The highest BCUT2D eigenvalue weighted by Crippen LogP contribution is 2.34. The number of para-hydroxylation sites is 1. The molecule has 1 atom stereocenters. The van der Waals surface area contributed by atoms with Crippen molar-refractivity contribution < 1.29 is 14.3 Å². The lowest BCUT2D eigenvalue weighted by molar-refractivity contribution is -0.142.